The second-order valence-corrected chi connectivity index (χ2v) is 2.77. The summed E-state index contributed by atoms with van der Waals surface area (Å²) in [7, 11) is -0.982. The summed E-state index contributed by atoms with van der Waals surface area (Å²) in [5.41, 5.74) is 0. The number of hydrogen-bond acceptors (Lipinski definition) is 2. The smallest absolute Gasteiger partial charge is 0.424 e. The van der Waals surface area contributed by atoms with Gasteiger partial charge in [-0.05, 0) is 12.1 Å². The van der Waals surface area contributed by atoms with E-state index in [0.29, 0.717) is 5.75 Å². The van der Waals surface area contributed by atoms with Crippen molar-refractivity contribution in [2.45, 2.75) is 0 Å². The third-order valence-corrected chi connectivity index (χ3v) is 1.71. The van der Waals surface area contributed by atoms with Crippen LogP contribution in [0.15, 0.2) is 30.3 Å². The van der Waals surface area contributed by atoms with E-state index in [1.165, 1.54) is 7.11 Å². The molecular weight excluding hydrogens is 166 g/mol. The summed E-state index contributed by atoms with van der Waals surface area (Å²) in [5, 5.41) is 0. The van der Waals surface area contributed by atoms with E-state index in [1.807, 2.05) is 6.07 Å². The molecule has 60 valence electrons. The lowest BCUT2D eigenvalue weighted by Crippen LogP contribution is -1.83. The van der Waals surface area contributed by atoms with Crippen molar-refractivity contribution in [3.8, 4) is 5.75 Å². The number of hydrogen-bond donors (Lipinski definition) is 0. The van der Waals surface area contributed by atoms with Crippen LogP contribution < -0.4 is 4.52 Å². The minimum absolute atomic E-state index is 0.489. The van der Waals surface area contributed by atoms with Gasteiger partial charge in [0.15, 0.2) is 0 Å². The Balaban J connectivity index is 2.51. The second-order valence-electron chi connectivity index (χ2n) is 1.80. The predicted molar refractivity (Wildman–Crippen MR) is 42.1 cm³/mol. The molecule has 0 bridgehead atoms. The quantitative estimate of drug-likeness (QED) is 0.656. The van der Waals surface area contributed by atoms with Gasteiger partial charge in [-0.3, -0.25) is 0 Å². The molecule has 0 saturated heterocycles. The van der Waals surface area contributed by atoms with Crippen LogP contribution in [-0.4, -0.2) is 7.11 Å². The Hall–Kier alpha value is -0.660. The van der Waals surface area contributed by atoms with Crippen LogP contribution in [0.3, 0.4) is 0 Å². The molecule has 0 radical (unpaired) electrons. The van der Waals surface area contributed by atoms with Gasteiger partial charge in [0.2, 0.25) is 0 Å². The maximum absolute atomic E-state index is 12.4. The van der Waals surface area contributed by atoms with E-state index < -0.39 is 8.69 Å². The molecule has 0 saturated carbocycles. The van der Waals surface area contributed by atoms with Gasteiger partial charge in [0.1, 0.15) is 5.75 Å². The molecule has 0 fully saturated rings. The van der Waals surface area contributed by atoms with Crippen LogP contribution in [0.4, 0.5) is 4.20 Å². The Morgan fingerprint density at radius 1 is 1.27 bits per heavy atom. The summed E-state index contributed by atoms with van der Waals surface area (Å²) in [6, 6.07) is 8.73. The summed E-state index contributed by atoms with van der Waals surface area (Å²) in [6.07, 6.45) is 0. The van der Waals surface area contributed by atoms with Gasteiger partial charge in [0, 0.05) is 7.11 Å². The zero-order chi connectivity index (χ0) is 8.10. The SMILES string of the molecule is COP(F)Oc1ccccc1. The molecule has 1 aromatic carbocycles. The van der Waals surface area contributed by atoms with Crippen molar-refractivity contribution in [3.63, 3.8) is 0 Å². The number of rotatable bonds is 3. The first-order valence-electron chi connectivity index (χ1n) is 3.06. The molecule has 0 aromatic heterocycles. The van der Waals surface area contributed by atoms with Crippen LogP contribution in [0, 0.1) is 0 Å². The topological polar surface area (TPSA) is 18.5 Å². The van der Waals surface area contributed by atoms with Gasteiger partial charge in [-0.1, -0.05) is 18.2 Å². The summed E-state index contributed by atoms with van der Waals surface area (Å²) in [4.78, 5) is 0. The highest BCUT2D eigenvalue weighted by Crippen LogP contribution is 2.39. The maximum Gasteiger partial charge on any atom is 0.438 e. The number of halogens is 1. The predicted octanol–water partition coefficient (Wildman–Crippen LogP) is 2.91. The van der Waals surface area contributed by atoms with Crippen molar-refractivity contribution in [1.82, 2.24) is 0 Å². The molecule has 1 unspecified atom stereocenters. The molecule has 0 aliphatic carbocycles. The lowest BCUT2D eigenvalue weighted by Gasteiger charge is -2.05. The minimum atomic E-state index is -2.25. The van der Waals surface area contributed by atoms with E-state index in [1.54, 1.807) is 24.3 Å². The molecule has 1 atom stereocenters. The van der Waals surface area contributed by atoms with Gasteiger partial charge in [-0.25, -0.2) is 0 Å². The average molecular weight is 174 g/mol. The van der Waals surface area contributed by atoms with E-state index in [4.69, 9.17) is 4.52 Å². The molecule has 0 heterocycles. The Kier molecular flexibility index (Phi) is 3.27. The highest BCUT2D eigenvalue weighted by atomic mass is 31.2. The van der Waals surface area contributed by atoms with E-state index >= 15 is 0 Å². The van der Waals surface area contributed by atoms with Gasteiger partial charge in [0.05, 0.1) is 0 Å². The standard InChI is InChI=1S/C7H8FO2P/c1-9-11(8)10-7-5-3-2-4-6-7/h2-6H,1H3. The molecular formula is C7H8FO2P. The van der Waals surface area contributed by atoms with Crippen molar-refractivity contribution < 1.29 is 13.2 Å². The van der Waals surface area contributed by atoms with Crippen LogP contribution >= 0.6 is 8.69 Å². The summed E-state index contributed by atoms with van der Waals surface area (Å²) in [5.74, 6) is 0.489. The second kappa shape index (κ2) is 4.27. The first-order chi connectivity index (χ1) is 5.33. The molecule has 0 aliphatic heterocycles. The minimum Gasteiger partial charge on any atom is -0.424 e. The van der Waals surface area contributed by atoms with E-state index in [0.717, 1.165) is 0 Å². The van der Waals surface area contributed by atoms with Gasteiger partial charge in [-0.2, -0.15) is 0 Å². The molecule has 0 N–H and O–H groups in total. The third-order valence-electron chi connectivity index (χ3n) is 1.06. The normalized spacial score (nSPS) is 12.5. The molecule has 1 rings (SSSR count). The zero-order valence-corrected chi connectivity index (χ0v) is 6.92. The fourth-order valence-corrected chi connectivity index (χ4v) is 0.963. The zero-order valence-electron chi connectivity index (χ0n) is 6.03. The maximum atomic E-state index is 12.4. The van der Waals surface area contributed by atoms with Crippen LogP contribution in [0.25, 0.3) is 0 Å². The Morgan fingerprint density at radius 3 is 2.45 bits per heavy atom. The van der Waals surface area contributed by atoms with Crippen LogP contribution in [0.5, 0.6) is 5.75 Å². The van der Waals surface area contributed by atoms with Crippen LogP contribution in [-0.2, 0) is 4.52 Å². The summed E-state index contributed by atoms with van der Waals surface area (Å²) < 4.78 is 21.5. The molecule has 11 heavy (non-hydrogen) atoms. The van der Waals surface area contributed by atoms with E-state index in [9.17, 15) is 4.20 Å². The van der Waals surface area contributed by atoms with Crippen LogP contribution in [0.1, 0.15) is 0 Å². The van der Waals surface area contributed by atoms with Crippen molar-refractivity contribution in [1.29, 1.82) is 0 Å². The molecule has 1 aromatic rings. The average Bonchev–Trinajstić information content (AvgIpc) is 2.06. The van der Waals surface area contributed by atoms with Gasteiger partial charge < -0.3 is 9.05 Å². The molecule has 0 spiro atoms. The Labute approximate surface area is 66.0 Å². The molecule has 4 heteroatoms. The van der Waals surface area contributed by atoms with Crippen molar-refractivity contribution >= 4 is 8.69 Å². The van der Waals surface area contributed by atoms with Crippen molar-refractivity contribution in [2.24, 2.45) is 0 Å². The van der Waals surface area contributed by atoms with Gasteiger partial charge in [-0.15, -0.1) is 4.20 Å². The first-order valence-corrected chi connectivity index (χ1v) is 4.13. The Bertz CT molecular complexity index is 205. The van der Waals surface area contributed by atoms with Crippen molar-refractivity contribution in [3.05, 3.63) is 30.3 Å². The Morgan fingerprint density at radius 2 is 1.91 bits per heavy atom. The summed E-state index contributed by atoms with van der Waals surface area (Å²) >= 11 is 0. The summed E-state index contributed by atoms with van der Waals surface area (Å²) in [6.45, 7) is 0. The fourth-order valence-electron chi connectivity index (χ4n) is 0.601. The van der Waals surface area contributed by atoms with Gasteiger partial charge >= 0.3 is 8.69 Å². The first kappa shape index (κ1) is 8.44. The van der Waals surface area contributed by atoms with Crippen molar-refractivity contribution in [2.75, 3.05) is 7.11 Å². The highest BCUT2D eigenvalue weighted by molar-refractivity contribution is 7.41. The van der Waals surface area contributed by atoms with E-state index in [-0.39, 0.29) is 0 Å². The lowest BCUT2D eigenvalue weighted by atomic mass is 10.3. The number of para-hydroxylation sites is 1. The highest BCUT2D eigenvalue weighted by Gasteiger charge is 2.06. The largest absolute Gasteiger partial charge is 0.438 e. The monoisotopic (exact) mass is 174 g/mol. The molecule has 0 aliphatic rings. The van der Waals surface area contributed by atoms with Gasteiger partial charge in [0.25, 0.3) is 0 Å². The lowest BCUT2D eigenvalue weighted by molar-refractivity contribution is 0.357. The third kappa shape index (κ3) is 2.83. The molecule has 2 nitrogen and oxygen atoms in total. The van der Waals surface area contributed by atoms with E-state index in [2.05, 4.69) is 4.52 Å². The fraction of sp³-hybridized carbons (Fsp3) is 0.143. The molecule has 0 amide bonds. The number of benzene rings is 1. The van der Waals surface area contributed by atoms with Crippen LogP contribution in [0.2, 0.25) is 0 Å².